The third-order valence-electron chi connectivity index (χ3n) is 5.37. The van der Waals surface area contributed by atoms with Crippen LogP contribution in [0.4, 0.5) is 4.39 Å². The molecule has 0 radical (unpaired) electrons. The van der Waals surface area contributed by atoms with Crippen LogP contribution in [0.25, 0.3) is 0 Å². The topological polar surface area (TPSA) is 41.9 Å². The summed E-state index contributed by atoms with van der Waals surface area (Å²) < 4.78 is 21.0. The molecule has 0 aromatic heterocycles. The molecule has 1 aliphatic rings. The minimum absolute atomic E-state index is 0.0536. The van der Waals surface area contributed by atoms with E-state index in [-0.39, 0.29) is 22.9 Å². The average Bonchev–Trinajstić information content (AvgIpc) is 3.16. The summed E-state index contributed by atoms with van der Waals surface area (Å²) in [7, 11) is 1.72. The van der Waals surface area contributed by atoms with E-state index in [2.05, 4.69) is 32.5 Å². The van der Waals surface area contributed by atoms with Crippen LogP contribution in [0.5, 0.6) is 0 Å². The van der Waals surface area contributed by atoms with Crippen LogP contribution in [-0.2, 0) is 9.53 Å². The number of ketones is 1. The molecule has 1 saturated carbocycles. The zero-order chi connectivity index (χ0) is 20.9. The number of carbonyl (C=O) groups is 1. The molecule has 0 spiro atoms. The lowest BCUT2D eigenvalue weighted by atomic mass is 9.91. The summed E-state index contributed by atoms with van der Waals surface area (Å²) in [5.74, 6) is -1.18. The number of likely N-dealkylation sites (N-methyl/N-ethyl adjacent to an activating group) is 1. The molecule has 0 unspecified atom stereocenters. The molecule has 1 aliphatic carbocycles. The molecule has 0 saturated heterocycles. The van der Waals surface area contributed by atoms with Crippen molar-refractivity contribution >= 4 is 12.5 Å². The van der Waals surface area contributed by atoms with Gasteiger partial charge in [0.2, 0.25) is 11.7 Å². The van der Waals surface area contributed by atoms with Gasteiger partial charge in [-0.05, 0) is 50.3 Å². The fourth-order valence-corrected chi connectivity index (χ4v) is 3.58. The molecule has 0 amide bonds. The van der Waals surface area contributed by atoms with Gasteiger partial charge in [0.1, 0.15) is 11.3 Å². The summed E-state index contributed by atoms with van der Waals surface area (Å²) in [5.41, 5.74) is -0.140. The molecule has 5 heteroatoms. The van der Waals surface area contributed by atoms with Crippen molar-refractivity contribution in [1.82, 2.24) is 4.90 Å². The number of Topliss-reactive ketones (excluding diaryl/α,β-unsaturated/α-hetero) is 1. The Bertz CT molecular complexity index is 716. The van der Waals surface area contributed by atoms with Crippen LogP contribution in [0.15, 0.2) is 47.0 Å². The molecular formula is C23H33FN2O2. The van der Waals surface area contributed by atoms with Gasteiger partial charge in [0.15, 0.2) is 0 Å². The van der Waals surface area contributed by atoms with Crippen LogP contribution in [0, 0.1) is 5.41 Å². The first-order chi connectivity index (χ1) is 13.1. The van der Waals surface area contributed by atoms with Crippen molar-refractivity contribution in [3.63, 3.8) is 0 Å². The molecule has 2 rings (SSSR count). The average molecular weight is 389 g/mol. The van der Waals surface area contributed by atoms with Crippen LogP contribution in [0.1, 0.15) is 65.0 Å². The maximum atomic E-state index is 14.8. The highest BCUT2D eigenvalue weighted by Crippen LogP contribution is 2.39. The fourth-order valence-electron chi connectivity index (χ4n) is 3.58. The number of ether oxygens (including phenoxy) is 1. The number of benzene rings is 1. The normalized spacial score (nSPS) is 18.4. The van der Waals surface area contributed by atoms with E-state index in [0.717, 1.165) is 18.4 Å². The monoisotopic (exact) mass is 388 g/mol. The number of aliphatic imine (C=N–C) groups is 1. The van der Waals surface area contributed by atoms with Gasteiger partial charge in [0.05, 0.1) is 12.6 Å². The first kappa shape index (κ1) is 22.3. The van der Waals surface area contributed by atoms with E-state index in [1.807, 2.05) is 37.3 Å². The summed E-state index contributed by atoms with van der Waals surface area (Å²) in [5, 5.41) is 0. The largest absolute Gasteiger partial charge is 0.366 e. The number of rotatable bonds is 8. The molecule has 1 aromatic carbocycles. The van der Waals surface area contributed by atoms with E-state index < -0.39 is 11.6 Å². The first-order valence-corrected chi connectivity index (χ1v) is 9.94. The molecule has 0 N–H and O–H groups in total. The molecule has 4 nitrogen and oxygen atoms in total. The lowest BCUT2D eigenvalue weighted by Crippen LogP contribution is -2.45. The number of nitrogens with zero attached hydrogens (tertiary/aromatic N) is 2. The van der Waals surface area contributed by atoms with Crippen LogP contribution in [0.2, 0.25) is 0 Å². The molecule has 154 valence electrons. The SMILES string of the molecule is C=N/C(F)=C(/C(=O)C1(OCC(C)(C)C)CCCC1)N(C)[C@H](C)c1ccccc1. The summed E-state index contributed by atoms with van der Waals surface area (Å²) in [6.07, 6.45) is 2.99. The Morgan fingerprint density at radius 2 is 1.86 bits per heavy atom. The molecule has 0 aliphatic heterocycles. The Kier molecular flexibility index (Phi) is 7.16. The van der Waals surface area contributed by atoms with Crippen molar-refractivity contribution in [3.05, 3.63) is 47.5 Å². The minimum Gasteiger partial charge on any atom is -0.366 e. The van der Waals surface area contributed by atoms with Crippen LogP contribution in [-0.4, -0.2) is 36.7 Å². The highest BCUT2D eigenvalue weighted by atomic mass is 19.1. The van der Waals surface area contributed by atoms with E-state index in [9.17, 15) is 9.18 Å². The quantitative estimate of drug-likeness (QED) is 0.337. The van der Waals surface area contributed by atoms with Gasteiger partial charge in [-0.3, -0.25) is 4.79 Å². The summed E-state index contributed by atoms with van der Waals surface area (Å²) in [6, 6.07) is 9.51. The summed E-state index contributed by atoms with van der Waals surface area (Å²) >= 11 is 0. The molecule has 1 fully saturated rings. The minimum atomic E-state index is -0.991. The highest BCUT2D eigenvalue weighted by molar-refractivity contribution is 6.02. The predicted molar refractivity (Wildman–Crippen MR) is 112 cm³/mol. The van der Waals surface area contributed by atoms with Crippen molar-refractivity contribution < 1.29 is 13.9 Å². The van der Waals surface area contributed by atoms with Crippen LogP contribution >= 0.6 is 0 Å². The van der Waals surface area contributed by atoms with Crippen LogP contribution < -0.4 is 0 Å². The second-order valence-corrected chi connectivity index (χ2v) is 8.87. The van der Waals surface area contributed by atoms with E-state index in [1.165, 1.54) is 0 Å². The predicted octanol–water partition coefficient (Wildman–Crippen LogP) is 5.46. The zero-order valence-electron chi connectivity index (χ0n) is 17.8. The van der Waals surface area contributed by atoms with Gasteiger partial charge in [-0.15, -0.1) is 0 Å². The lowest BCUT2D eigenvalue weighted by Gasteiger charge is -2.36. The molecule has 1 aromatic rings. The third-order valence-corrected chi connectivity index (χ3v) is 5.37. The number of hydrogen-bond donors (Lipinski definition) is 0. The van der Waals surface area contributed by atoms with Gasteiger partial charge >= 0.3 is 0 Å². The summed E-state index contributed by atoms with van der Waals surface area (Å²) in [6.45, 7) is 11.9. The van der Waals surface area contributed by atoms with E-state index >= 15 is 0 Å². The number of halogens is 1. The van der Waals surface area contributed by atoms with Crippen molar-refractivity contribution in [3.8, 4) is 0 Å². The van der Waals surface area contributed by atoms with Gasteiger partial charge in [-0.1, -0.05) is 51.1 Å². The van der Waals surface area contributed by atoms with Crippen molar-refractivity contribution in [1.29, 1.82) is 0 Å². The van der Waals surface area contributed by atoms with Gasteiger partial charge < -0.3 is 9.64 Å². The fraction of sp³-hybridized carbons (Fsp3) is 0.565. The maximum absolute atomic E-state index is 14.8. The molecule has 28 heavy (non-hydrogen) atoms. The lowest BCUT2D eigenvalue weighted by molar-refractivity contribution is -0.145. The van der Waals surface area contributed by atoms with Crippen molar-refractivity contribution in [2.24, 2.45) is 10.4 Å². The van der Waals surface area contributed by atoms with E-state index in [4.69, 9.17) is 4.74 Å². The summed E-state index contributed by atoms with van der Waals surface area (Å²) in [4.78, 5) is 18.7. The Morgan fingerprint density at radius 3 is 2.36 bits per heavy atom. The number of carbonyl (C=O) groups excluding carboxylic acids is 1. The van der Waals surface area contributed by atoms with Crippen molar-refractivity contribution in [2.45, 2.75) is 65.0 Å². The van der Waals surface area contributed by atoms with Gasteiger partial charge in [0, 0.05) is 7.05 Å². The van der Waals surface area contributed by atoms with Gasteiger partial charge in [-0.2, -0.15) is 4.39 Å². The smallest absolute Gasteiger partial charge is 0.239 e. The standard InChI is InChI=1S/C23H33FN2O2/c1-17(18-12-8-7-9-13-18)26(6)19(21(24)25-5)20(27)23(14-10-11-15-23)28-16-22(2,3)4/h7-9,12-13,17H,5,10-11,14-16H2,1-4,6H3/b21-19-/t17-/m1/s1. The van der Waals surface area contributed by atoms with E-state index in [1.54, 1.807) is 11.9 Å². The zero-order valence-corrected chi connectivity index (χ0v) is 17.8. The van der Waals surface area contributed by atoms with Gasteiger partial charge in [0.25, 0.3) is 0 Å². The number of hydrogen-bond acceptors (Lipinski definition) is 4. The molecule has 1 atom stereocenters. The van der Waals surface area contributed by atoms with Crippen molar-refractivity contribution in [2.75, 3.05) is 13.7 Å². The highest BCUT2D eigenvalue weighted by Gasteiger charge is 2.46. The molecular weight excluding hydrogens is 355 g/mol. The maximum Gasteiger partial charge on any atom is 0.239 e. The Balaban J connectivity index is 2.38. The van der Waals surface area contributed by atoms with Gasteiger partial charge in [-0.25, -0.2) is 4.99 Å². The third kappa shape index (κ3) is 5.07. The van der Waals surface area contributed by atoms with E-state index in [0.29, 0.717) is 19.4 Å². The molecule has 0 heterocycles. The Morgan fingerprint density at radius 1 is 1.29 bits per heavy atom. The first-order valence-electron chi connectivity index (χ1n) is 9.94. The Hall–Kier alpha value is -2.01. The second kappa shape index (κ2) is 8.99. The Labute approximate surface area is 168 Å². The second-order valence-electron chi connectivity index (χ2n) is 8.87. The van der Waals surface area contributed by atoms with Crippen LogP contribution in [0.3, 0.4) is 0 Å². The molecule has 0 bridgehead atoms.